The number of hydrogen-bond acceptors (Lipinski definition) is 4. The highest BCUT2D eigenvalue weighted by Crippen LogP contribution is 2.26. The van der Waals surface area contributed by atoms with Crippen LogP contribution in [0.2, 0.25) is 0 Å². The normalized spacial score (nSPS) is 16.4. The first-order chi connectivity index (χ1) is 13.2. The average Bonchev–Trinajstić information content (AvgIpc) is 3.19. The fourth-order valence-corrected chi connectivity index (χ4v) is 3.36. The second kappa shape index (κ2) is 10.8. The van der Waals surface area contributed by atoms with Crippen LogP contribution in [-0.4, -0.2) is 49.0 Å². The van der Waals surface area contributed by atoms with Gasteiger partial charge in [0.05, 0.1) is 4.92 Å². The van der Waals surface area contributed by atoms with E-state index in [1.807, 2.05) is 7.05 Å². The Morgan fingerprint density at radius 3 is 2.54 bits per heavy atom. The molecule has 1 saturated heterocycles. The first kappa shape index (κ1) is 21.9. The molecular formula is C20H26IN5O2. The summed E-state index contributed by atoms with van der Waals surface area (Å²) in [6, 6.07) is 17.1. The number of non-ortho nitro benzene ring substituents is 1. The molecule has 2 aromatic rings. The van der Waals surface area contributed by atoms with Crippen LogP contribution >= 0.6 is 24.0 Å². The molecule has 0 amide bonds. The summed E-state index contributed by atoms with van der Waals surface area (Å²) in [6.45, 7) is 3.39. The lowest BCUT2D eigenvalue weighted by Gasteiger charge is -2.22. The lowest BCUT2D eigenvalue weighted by atomic mass is 9.99. The van der Waals surface area contributed by atoms with Gasteiger partial charge in [-0.3, -0.25) is 15.1 Å². The standard InChI is InChI=1S/C20H25N5O2.HI/c1-21-20(24-14-11-17(15-24)16-5-3-2-4-6-16)23-13-12-22-18-7-9-19(10-8-18)25(26)27;/h2-10,17,22H,11-15H2,1H3,(H,21,23);1H. The van der Waals surface area contributed by atoms with Gasteiger partial charge < -0.3 is 15.5 Å². The van der Waals surface area contributed by atoms with Crippen molar-refractivity contribution in [2.24, 2.45) is 4.99 Å². The molecule has 1 atom stereocenters. The number of nitro groups is 1. The molecule has 2 N–H and O–H groups in total. The molecule has 1 heterocycles. The Morgan fingerprint density at radius 2 is 1.89 bits per heavy atom. The number of aliphatic imine (C=N–C) groups is 1. The van der Waals surface area contributed by atoms with Crippen LogP contribution in [0, 0.1) is 10.1 Å². The Kier molecular flexibility index (Phi) is 8.49. The first-order valence-electron chi connectivity index (χ1n) is 9.16. The fraction of sp³-hybridized carbons (Fsp3) is 0.350. The van der Waals surface area contributed by atoms with E-state index in [1.54, 1.807) is 12.1 Å². The summed E-state index contributed by atoms with van der Waals surface area (Å²) in [7, 11) is 1.81. The molecule has 0 aliphatic carbocycles. The summed E-state index contributed by atoms with van der Waals surface area (Å²) in [5.41, 5.74) is 2.35. The van der Waals surface area contributed by atoms with Crippen LogP contribution < -0.4 is 10.6 Å². The van der Waals surface area contributed by atoms with E-state index in [0.29, 0.717) is 12.5 Å². The second-order valence-electron chi connectivity index (χ2n) is 6.55. The Morgan fingerprint density at radius 1 is 1.18 bits per heavy atom. The van der Waals surface area contributed by atoms with Crippen molar-refractivity contribution < 1.29 is 4.92 Å². The Bertz CT molecular complexity index is 783. The molecule has 0 saturated carbocycles. The number of benzene rings is 2. The van der Waals surface area contributed by atoms with Crippen LogP contribution in [0.25, 0.3) is 0 Å². The van der Waals surface area contributed by atoms with Crippen LogP contribution in [0.4, 0.5) is 11.4 Å². The molecule has 0 aromatic heterocycles. The highest BCUT2D eigenvalue weighted by Gasteiger charge is 2.25. The Balaban J connectivity index is 0.00000280. The SMILES string of the molecule is CN=C(NCCNc1ccc([N+](=O)[O-])cc1)N1CCC(c2ccccc2)C1.I. The third-order valence-electron chi connectivity index (χ3n) is 4.79. The zero-order valence-corrected chi connectivity index (χ0v) is 18.2. The van der Waals surface area contributed by atoms with Crippen molar-refractivity contribution in [3.8, 4) is 0 Å². The molecule has 7 nitrogen and oxygen atoms in total. The first-order valence-corrected chi connectivity index (χ1v) is 9.16. The minimum atomic E-state index is -0.395. The van der Waals surface area contributed by atoms with Crippen LogP contribution in [0.15, 0.2) is 59.6 Å². The molecule has 2 aromatic carbocycles. The van der Waals surface area contributed by atoms with E-state index in [-0.39, 0.29) is 29.7 Å². The zero-order chi connectivity index (χ0) is 19.1. The largest absolute Gasteiger partial charge is 0.383 e. The highest BCUT2D eigenvalue weighted by atomic mass is 127. The topological polar surface area (TPSA) is 82.8 Å². The van der Waals surface area contributed by atoms with Crippen molar-refractivity contribution in [2.75, 3.05) is 38.5 Å². The number of nitrogens with one attached hydrogen (secondary N) is 2. The molecule has 28 heavy (non-hydrogen) atoms. The lowest BCUT2D eigenvalue weighted by Crippen LogP contribution is -2.41. The van der Waals surface area contributed by atoms with Gasteiger partial charge in [0.15, 0.2) is 5.96 Å². The molecule has 0 radical (unpaired) electrons. The number of hydrogen-bond donors (Lipinski definition) is 2. The zero-order valence-electron chi connectivity index (χ0n) is 15.9. The van der Waals surface area contributed by atoms with E-state index >= 15 is 0 Å². The molecule has 3 rings (SSSR count). The van der Waals surface area contributed by atoms with Crippen LogP contribution in [-0.2, 0) is 0 Å². The predicted molar refractivity (Wildman–Crippen MR) is 124 cm³/mol. The molecule has 0 bridgehead atoms. The van der Waals surface area contributed by atoms with Gasteiger partial charge >= 0.3 is 0 Å². The Labute approximate surface area is 182 Å². The van der Waals surface area contributed by atoms with Gasteiger partial charge in [0.2, 0.25) is 0 Å². The molecular weight excluding hydrogens is 469 g/mol. The molecule has 1 fully saturated rings. The molecule has 0 spiro atoms. The third kappa shape index (κ3) is 5.82. The number of nitrogens with zero attached hydrogens (tertiary/aromatic N) is 3. The van der Waals surface area contributed by atoms with Gasteiger partial charge in [-0.15, -0.1) is 24.0 Å². The maximum atomic E-state index is 10.7. The number of likely N-dealkylation sites (tertiary alicyclic amines) is 1. The van der Waals surface area contributed by atoms with E-state index in [2.05, 4.69) is 50.9 Å². The van der Waals surface area contributed by atoms with E-state index in [4.69, 9.17) is 0 Å². The number of rotatable bonds is 6. The molecule has 8 heteroatoms. The number of nitro benzene ring substituents is 1. The predicted octanol–water partition coefficient (Wildman–Crippen LogP) is 3.69. The quantitative estimate of drug-likeness (QED) is 0.160. The van der Waals surface area contributed by atoms with Gasteiger partial charge in [0.1, 0.15) is 0 Å². The molecule has 150 valence electrons. The van der Waals surface area contributed by atoms with Crippen molar-refractivity contribution >= 4 is 41.3 Å². The number of guanidine groups is 1. The lowest BCUT2D eigenvalue weighted by molar-refractivity contribution is -0.384. The summed E-state index contributed by atoms with van der Waals surface area (Å²) in [6.07, 6.45) is 1.13. The van der Waals surface area contributed by atoms with Crippen molar-refractivity contribution in [3.05, 3.63) is 70.3 Å². The minimum Gasteiger partial charge on any atom is -0.383 e. The average molecular weight is 495 g/mol. The summed E-state index contributed by atoms with van der Waals surface area (Å²) in [5, 5.41) is 17.3. The van der Waals surface area contributed by atoms with Gasteiger partial charge in [-0.1, -0.05) is 30.3 Å². The van der Waals surface area contributed by atoms with Crippen LogP contribution in [0.1, 0.15) is 17.9 Å². The van der Waals surface area contributed by atoms with Crippen molar-refractivity contribution in [3.63, 3.8) is 0 Å². The van der Waals surface area contributed by atoms with Crippen LogP contribution in [0.5, 0.6) is 0 Å². The second-order valence-corrected chi connectivity index (χ2v) is 6.55. The summed E-state index contributed by atoms with van der Waals surface area (Å²) >= 11 is 0. The smallest absolute Gasteiger partial charge is 0.269 e. The minimum absolute atomic E-state index is 0. The Hall–Kier alpha value is -2.36. The summed E-state index contributed by atoms with van der Waals surface area (Å²) in [4.78, 5) is 17.0. The van der Waals surface area contributed by atoms with Crippen molar-refractivity contribution in [2.45, 2.75) is 12.3 Å². The maximum Gasteiger partial charge on any atom is 0.269 e. The van der Waals surface area contributed by atoms with E-state index in [9.17, 15) is 10.1 Å². The van der Waals surface area contributed by atoms with Gasteiger partial charge in [0.25, 0.3) is 5.69 Å². The van der Waals surface area contributed by atoms with Gasteiger partial charge in [-0.05, 0) is 24.1 Å². The van der Waals surface area contributed by atoms with Crippen molar-refractivity contribution in [1.29, 1.82) is 0 Å². The molecule has 1 unspecified atom stereocenters. The van der Waals surface area contributed by atoms with E-state index < -0.39 is 4.92 Å². The number of anilines is 1. The highest BCUT2D eigenvalue weighted by molar-refractivity contribution is 14.0. The van der Waals surface area contributed by atoms with Gasteiger partial charge in [-0.25, -0.2) is 0 Å². The molecule has 1 aliphatic rings. The van der Waals surface area contributed by atoms with E-state index in [0.717, 1.165) is 37.7 Å². The third-order valence-corrected chi connectivity index (χ3v) is 4.79. The van der Waals surface area contributed by atoms with Crippen LogP contribution in [0.3, 0.4) is 0 Å². The van der Waals surface area contributed by atoms with Gasteiger partial charge in [0, 0.05) is 57.0 Å². The summed E-state index contributed by atoms with van der Waals surface area (Å²) < 4.78 is 0. The van der Waals surface area contributed by atoms with E-state index in [1.165, 1.54) is 17.7 Å². The molecule has 1 aliphatic heterocycles. The van der Waals surface area contributed by atoms with Gasteiger partial charge in [-0.2, -0.15) is 0 Å². The number of halogens is 1. The monoisotopic (exact) mass is 495 g/mol. The summed E-state index contributed by atoms with van der Waals surface area (Å²) in [5.74, 6) is 1.46. The fourth-order valence-electron chi connectivity index (χ4n) is 3.36. The maximum absolute atomic E-state index is 10.7. The van der Waals surface area contributed by atoms with Crippen molar-refractivity contribution in [1.82, 2.24) is 10.2 Å².